The minimum Gasteiger partial charge on any atom is -0.478 e. The molecule has 11 heteroatoms. The molecule has 0 spiro atoms. The number of carbonyl (C=O) groups is 2. The zero-order valence-corrected chi connectivity index (χ0v) is 18.5. The molecule has 0 saturated heterocycles. The number of aromatic nitrogens is 2. The fourth-order valence-electron chi connectivity index (χ4n) is 3.59. The largest absolute Gasteiger partial charge is 0.478 e. The fourth-order valence-corrected chi connectivity index (χ4v) is 3.59. The Morgan fingerprint density at radius 1 is 1.26 bits per heavy atom. The number of nitrogens with zero attached hydrogens (tertiary/aromatic N) is 3. The standard InChI is InChI=1S/C23H24FN5O5/c1-33-9-8-29(12-13-2-3-13)19-7-5-15(11-18(19)26-23(25)32)21-27-20(28-34-21)14-4-6-16(22(30)31)17(24)10-14/h4-7,10-11,13H,2-3,8-9,12H2,1H3,(H,30,31)(H3,25,26,32). The van der Waals surface area contributed by atoms with Crippen LogP contribution in [0.15, 0.2) is 40.9 Å². The third-order valence-electron chi connectivity index (χ3n) is 5.47. The van der Waals surface area contributed by atoms with E-state index in [-0.39, 0.29) is 17.3 Å². The number of hydrogen-bond acceptors (Lipinski definition) is 7. The smallest absolute Gasteiger partial charge is 0.338 e. The number of primary amides is 1. The highest BCUT2D eigenvalue weighted by Crippen LogP contribution is 2.36. The Morgan fingerprint density at radius 3 is 2.68 bits per heavy atom. The Kier molecular flexibility index (Phi) is 6.73. The Morgan fingerprint density at radius 2 is 2.03 bits per heavy atom. The summed E-state index contributed by atoms with van der Waals surface area (Å²) in [5.41, 5.74) is 7.01. The van der Waals surface area contributed by atoms with E-state index in [0.717, 1.165) is 24.4 Å². The average Bonchev–Trinajstić information content (AvgIpc) is 3.47. The third kappa shape index (κ3) is 5.31. The van der Waals surface area contributed by atoms with Gasteiger partial charge in [0.15, 0.2) is 0 Å². The number of rotatable bonds is 10. The van der Waals surface area contributed by atoms with E-state index in [4.69, 9.17) is 20.1 Å². The number of urea groups is 1. The lowest BCUT2D eigenvalue weighted by molar-refractivity contribution is 0.0692. The van der Waals surface area contributed by atoms with E-state index in [1.54, 1.807) is 19.2 Å². The first-order chi connectivity index (χ1) is 16.4. The maximum atomic E-state index is 14.1. The first-order valence-corrected chi connectivity index (χ1v) is 10.7. The summed E-state index contributed by atoms with van der Waals surface area (Å²) in [6.45, 7) is 2.00. The number of carboxylic acids is 1. The second kappa shape index (κ2) is 9.87. The van der Waals surface area contributed by atoms with Gasteiger partial charge in [-0.3, -0.25) is 0 Å². The van der Waals surface area contributed by atoms with Gasteiger partial charge >= 0.3 is 12.0 Å². The maximum absolute atomic E-state index is 14.1. The van der Waals surface area contributed by atoms with Gasteiger partial charge in [0.2, 0.25) is 5.82 Å². The third-order valence-corrected chi connectivity index (χ3v) is 5.47. The van der Waals surface area contributed by atoms with Crippen LogP contribution in [0.25, 0.3) is 22.8 Å². The number of anilines is 2. The lowest BCUT2D eigenvalue weighted by Gasteiger charge is -2.27. The minimum absolute atomic E-state index is 0.0924. The molecule has 1 saturated carbocycles. The summed E-state index contributed by atoms with van der Waals surface area (Å²) in [5, 5.41) is 15.5. The summed E-state index contributed by atoms with van der Waals surface area (Å²) in [6, 6.07) is 8.16. The number of benzene rings is 2. The minimum atomic E-state index is -1.37. The average molecular weight is 469 g/mol. The second-order valence-electron chi connectivity index (χ2n) is 8.03. The molecule has 1 fully saturated rings. The van der Waals surface area contributed by atoms with Gasteiger partial charge < -0.3 is 30.3 Å². The number of halogens is 1. The number of ether oxygens (including phenoxy) is 1. The van der Waals surface area contributed by atoms with Crippen molar-refractivity contribution in [3.63, 3.8) is 0 Å². The number of methoxy groups -OCH3 is 1. The van der Waals surface area contributed by atoms with Gasteiger partial charge in [-0.1, -0.05) is 5.16 Å². The molecule has 3 aromatic rings. The lowest BCUT2D eigenvalue weighted by atomic mass is 10.1. The Labute approximate surface area is 194 Å². The van der Waals surface area contributed by atoms with Gasteiger partial charge in [-0.15, -0.1) is 0 Å². The first-order valence-electron chi connectivity index (χ1n) is 10.7. The molecule has 0 radical (unpaired) electrons. The zero-order valence-electron chi connectivity index (χ0n) is 18.5. The zero-order chi connectivity index (χ0) is 24.2. The van der Waals surface area contributed by atoms with E-state index in [9.17, 15) is 14.0 Å². The summed E-state index contributed by atoms with van der Waals surface area (Å²) in [5.74, 6) is -1.43. The number of aromatic carboxylic acids is 1. The quantitative estimate of drug-likeness (QED) is 0.409. The molecule has 1 aliphatic rings. The van der Waals surface area contributed by atoms with Crippen LogP contribution in [-0.4, -0.2) is 54.1 Å². The molecule has 0 aliphatic heterocycles. The van der Waals surface area contributed by atoms with Crippen molar-refractivity contribution < 1.29 is 28.3 Å². The van der Waals surface area contributed by atoms with Crippen LogP contribution in [0, 0.1) is 11.7 Å². The topological polar surface area (TPSA) is 144 Å². The van der Waals surface area contributed by atoms with Gasteiger partial charge in [0.25, 0.3) is 5.89 Å². The van der Waals surface area contributed by atoms with Crippen LogP contribution in [-0.2, 0) is 4.74 Å². The summed E-state index contributed by atoms with van der Waals surface area (Å²) in [6.07, 6.45) is 2.33. The predicted octanol–water partition coefficient (Wildman–Crippen LogP) is 3.59. The molecule has 2 amide bonds. The van der Waals surface area contributed by atoms with E-state index < -0.39 is 23.4 Å². The van der Waals surface area contributed by atoms with Crippen molar-refractivity contribution in [1.29, 1.82) is 0 Å². The summed E-state index contributed by atoms with van der Waals surface area (Å²) < 4.78 is 24.6. The SMILES string of the molecule is COCCN(CC1CC1)c1ccc(-c2nc(-c3ccc(C(=O)O)c(F)c3)no2)cc1NC(N)=O. The van der Waals surface area contributed by atoms with E-state index in [0.29, 0.717) is 30.3 Å². The molecule has 1 aromatic heterocycles. The highest BCUT2D eigenvalue weighted by molar-refractivity contribution is 5.93. The van der Waals surface area contributed by atoms with Gasteiger partial charge in [0, 0.05) is 31.3 Å². The summed E-state index contributed by atoms with van der Waals surface area (Å²) in [4.78, 5) is 29.1. The molecule has 1 aliphatic carbocycles. The van der Waals surface area contributed by atoms with Gasteiger partial charge in [0.05, 0.1) is 23.5 Å². The maximum Gasteiger partial charge on any atom is 0.338 e. The molecule has 178 valence electrons. The van der Waals surface area contributed by atoms with Crippen LogP contribution in [0.1, 0.15) is 23.2 Å². The highest BCUT2D eigenvalue weighted by atomic mass is 19.1. The molecule has 2 aromatic carbocycles. The first kappa shape index (κ1) is 23.2. The van der Waals surface area contributed by atoms with Gasteiger partial charge in [-0.05, 0) is 55.2 Å². The van der Waals surface area contributed by atoms with Crippen LogP contribution in [0.4, 0.5) is 20.6 Å². The molecule has 0 unspecified atom stereocenters. The molecule has 1 heterocycles. The Balaban J connectivity index is 1.64. The molecule has 0 atom stereocenters. The van der Waals surface area contributed by atoms with Gasteiger partial charge in [0.1, 0.15) is 5.82 Å². The van der Waals surface area contributed by atoms with E-state index in [1.807, 2.05) is 6.07 Å². The summed E-state index contributed by atoms with van der Waals surface area (Å²) >= 11 is 0. The van der Waals surface area contributed by atoms with Crippen molar-refractivity contribution in [2.24, 2.45) is 11.7 Å². The van der Waals surface area contributed by atoms with E-state index >= 15 is 0 Å². The van der Waals surface area contributed by atoms with E-state index in [1.165, 1.54) is 18.9 Å². The van der Waals surface area contributed by atoms with Crippen LogP contribution in [0.5, 0.6) is 0 Å². The number of carboxylic acid groups (broad SMARTS) is 1. The second-order valence-corrected chi connectivity index (χ2v) is 8.03. The van der Waals surface area contributed by atoms with Crippen molar-refractivity contribution in [3.8, 4) is 22.8 Å². The molecule has 0 bridgehead atoms. The number of carbonyl (C=O) groups excluding carboxylic acids is 1. The molecular weight excluding hydrogens is 445 g/mol. The predicted molar refractivity (Wildman–Crippen MR) is 122 cm³/mol. The number of nitrogens with two attached hydrogens (primary N) is 1. The Hall–Kier alpha value is -3.99. The van der Waals surface area contributed by atoms with Crippen LogP contribution in [0.3, 0.4) is 0 Å². The summed E-state index contributed by atoms with van der Waals surface area (Å²) in [7, 11) is 1.63. The number of hydrogen-bond donors (Lipinski definition) is 3. The normalized spacial score (nSPS) is 13.0. The van der Waals surface area contributed by atoms with Crippen LogP contribution >= 0.6 is 0 Å². The lowest BCUT2D eigenvalue weighted by Crippen LogP contribution is -2.31. The molecule has 4 N–H and O–H groups in total. The van der Waals surface area contributed by atoms with Crippen molar-refractivity contribution in [1.82, 2.24) is 10.1 Å². The number of nitrogens with one attached hydrogen (secondary N) is 1. The monoisotopic (exact) mass is 469 g/mol. The molecule has 4 rings (SSSR count). The van der Waals surface area contributed by atoms with Crippen LogP contribution < -0.4 is 16.0 Å². The highest BCUT2D eigenvalue weighted by Gasteiger charge is 2.26. The fraction of sp³-hybridized carbons (Fsp3) is 0.304. The van der Waals surface area contributed by atoms with Crippen LogP contribution in [0.2, 0.25) is 0 Å². The molecule has 34 heavy (non-hydrogen) atoms. The molecular formula is C23H24FN5O5. The van der Waals surface area contributed by atoms with Crippen molar-refractivity contribution in [2.75, 3.05) is 37.0 Å². The number of amides is 2. The van der Waals surface area contributed by atoms with E-state index in [2.05, 4.69) is 20.4 Å². The Bertz CT molecular complexity index is 1210. The van der Waals surface area contributed by atoms with Gasteiger partial charge in [-0.2, -0.15) is 4.98 Å². The molecule has 10 nitrogen and oxygen atoms in total. The van der Waals surface area contributed by atoms with Crippen molar-refractivity contribution >= 4 is 23.4 Å². The van der Waals surface area contributed by atoms with Crippen molar-refractivity contribution in [2.45, 2.75) is 12.8 Å². The van der Waals surface area contributed by atoms with Gasteiger partial charge in [-0.25, -0.2) is 14.0 Å². The van der Waals surface area contributed by atoms with Crippen molar-refractivity contribution in [3.05, 3.63) is 47.8 Å².